The van der Waals surface area contributed by atoms with Gasteiger partial charge < -0.3 is 10.1 Å². The molecule has 0 saturated carbocycles. The minimum atomic E-state index is -0.0309. The van der Waals surface area contributed by atoms with Crippen molar-refractivity contribution in [3.63, 3.8) is 0 Å². The molecule has 2 rings (SSSR count). The van der Waals surface area contributed by atoms with Gasteiger partial charge in [-0.05, 0) is 61.1 Å². The fourth-order valence-electron chi connectivity index (χ4n) is 2.47. The number of nitrogens with one attached hydrogen (secondary N) is 1. The van der Waals surface area contributed by atoms with Crippen LogP contribution in [0.15, 0.2) is 42.5 Å². The lowest BCUT2D eigenvalue weighted by atomic mass is 9.99. The number of hydrogen-bond acceptors (Lipinski definition) is 2. The van der Waals surface area contributed by atoms with Crippen molar-refractivity contribution in [1.82, 2.24) is 0 Å². The Morgan fingerprint density at radius 1 is 1.12 bits per heavy atom. The van der Waals surface area contributed by atoms with E-state index >= 15 is 0 Å². The van der Waals surface area contributed by atoms with E-state index in [1.165, 1.54) is 5.56 Å². The molecular formula is C21H27NO2. The third kappa shape index (κ3) is 5.12. The van der Waals surface area contributed by atoms with Crippen LogP contribution in [0, 0.1) is 13.8 Å². The molecule has 1 atom stereocenters. The first-order chi connectivity index (χ1) is 11.5. The van der Waals surface area contributed by atoms with Gasteiger partial charge in [-0.15, -0.1) is 0 Å². The van der Waals surface area contributed by atoms with E-state index < -0.39 is 0 Å². The highest BCUT2D eigenvalue weighted by Gasteiger charge is 2.06. The van der Waals surface area contributed by atoms with E-state index in [-0.39, 0.29) is 5.91 Å². The molecule has 0 radical (unpaired) electrons. The Labute approximate surface area is 145 Å². The third-order valence-electron chi connectivity index (χ3n) is 4.31. The predicted octanol–water partition coefficient (Wildman–Crippen LogP) is 5.22. The second kappa shape index (κ2) is 8.53. The normalized spacial score (nSPS) is 11.8. The number of rotatable bonds is 7. The van der Waals surface area contributed by atoms with Crippen molar-refractivity contribution in [1.29, 1.82) is 0 Å². The number of aryl methyl sites for hydroxylation is 2. The van der Waals surface area contributed by atoms with E-state index in [0.29, 0.717) is 18.9 Å². The summed E-state index contributed by atoms with van der Waals surface area (Å²) < 4.78 is 5.73. The van der Waals surface area contributed by atoms with Gasteiger partial charge in [0.2, 0.25) is 5.91 Å². The molecule has 1 N–H and O–H groups in total. The van der Waals surface area contributed by atoms with Crippen LogP contribution in [0.25, 0.3) is 0 Å². The van der Waals surface area contributed by atoms with Gasteiger partial charge in [-0.25, -0.2) is 0 Å². The van der Waals surface area contributed by atoms with Crippen molar-refractivity contribution in [2.45, 2.75) is 46.5 Å². The third-order valence-corrected chi connectivity index (χ3v) is 4.31. The van der Waals surface area contributed by atoms with Crippen LogP contribution in [0.5, 0.6) is 5.75 Å². The molecule has 1 amide bonds. The van der Waals surface area contributed by atoms with Gasteiger partial charge in [0.15, 0.2) is 0 Å². The maximum absolute atomic E-state index is 12.0. The zero-order valence-electron chi connectivity index (χ0n) is 15.1. The van der Waals surface area contributed by atoms with Crippen LogP contribution in [0.4, 0.5) is 5.69 Å². The van der Waals surface area contributed by atoms with Gasteiger partial charge in [-0.3, -0.25) is 4.79 Å². The maximum Gasteiger partial charge on any atom is 0.227 e. The Bertz CT molecular complexity index is 677. The average Bonchev–Trinajstić information content (AvgIpc) is 2.58. The van der Waals surface area contributed by atoms with Crippen molar-refractivity contribution >= 4 is 11.6 Å². The first-order valence-electron chi connectivity index (χ1n) is 8.59. The lowest BCUT2D eigenvalue weighted by molar-refractivity contribution is -0.116. The Hall–Kier alpha value is -2.29. The quantitative estimate of drug-likeness (QED) is 0.757. The number of carbonyl (C=O) groups excluding carboxylic acids is 1. The maximum atomic E-state index is 12.0. The molecule has 2 aromatic carbocycles. The van der Waals surface area contributed by atoms with E-state index in [9.17, 15) is 4.79 Å². The number of carbonyl (C=O) groups is 1. The lowest BCUT2D eigenvalue weighted by Gasteiger charge is -2.11. The fraction of sp³-hybridized carbons (Fsp3) is 0.381. The summed E-state index contributed by atoms with van der Waals surface area (Å²) in [6.07, 6.45) is 1.45. The van der Waals surface area contributed by atoms with Crippen molar-refractivity contribution in [2.24, 2.45) is 0 Å². The Kier molecular flexibility index (Phi) is 6.42. The minimum Gasteiger partial charge on any atom is -0.493 e. The summed E-state index contributed by atoms with van der Waals surface area (Å²) in [5.41, 5.74) is 4.37. The van der Waals surface area contributed by atoms with Crippen LogP contribution in [-0.4, -0.2) is 12.5 Å². The molecule has 2 aromatic rings. The van der Waals surface area contributed by atoms with Crippen LogP contribution in [0.2, 0.25) is 0 Å². The molecule has 3 nitrogen and oxygen atoms in total. The zero-order chi connectivity index (χ0) is 17.5. The molecule has 0 aliphatic heterocycles. The van der Waals surface area contributed by atoms with Crippen LogP contribution < -0.4 is 10.1 Å². The van der Waals surface area contributed by atoms with Crippen molar-refractivity contribution in [2.75, 3.05) is 11.9 Å². The molecule has 0 aliphatic carbocycles. The summed E-state index contributed by atoms with van der Waals surface area (Å²) in [5, 5.41) is 2.92. The van der Waals surface area contributed by atoms with Gasteiger partial charge in [0.05, 0.1) is 13.0 Å². The molecule has 0 bridgehead atoms. The van der Waals surface area contributed by atoms with Gasteiger partial charge in [0.25, 0.3) is 0 Å². The molecule has 0 fully saturated rings. The molecular weight excluding hydrogens is 298 g/mol. The molecule has 0 spiro atoms. The zero-order valence-corrected chi connectivity index (χ0v) is 15.1. The smallest absolute Gasteiger partial charge is 0.227 e. The molecule has 3 heteroatoms. The largest absolute Gasteiger partial charge is 0.493 e. The van der Waals surface area contributed by atoms with Crippen molar-refractivity contribution in [3.8, 4) is 5.75 Å². The van der Waals surface area contributed by atoms with Crippen LogP contribution in [0.3, 0.4) is 0 Å². The number of amides is 1. The van der Waals surface area contributed by atoms with Gasteiger partial charge in [-0.1, -0.05) is 38.1 Å². The minimum absolute atomic E-state index is 0.0309. The monoisotopic (exact) mass is 325 g/mol. The molecule has 0 unspecified atom stereocenters. The van der Waals surface area contributed by atoms with Crippen molar-refractivity contribution in [3.05, 3.63) is 59.2 Å². The summed E-state index contributed by atoms with van der Waals surface area (Å²) in [7, 11) is 0. The Morgan fingerprint density at radius 2 is 1.83 bits per heavy atom. The Morgan fingerprint density at radius 3 is 2.50 bits per heavy atom. The number of anilines is 1. The average molecular weight is 325 g/mol. The standard InChI is InChI=1S/C21H27NO2/c1-5-16(3)18-8-10-19(11-9-18)22-21(23)12-13-24-20-14-15(2)6-7-17(20)4/h6-11,14,16H,5,12-13H2,1-4H3,(H,22,23)/t16-/m0/s1. The number of hydrogen-bond donors (Lipinski definition) is 1. The highest BCUT2D eigenvalue weighted by Crippen LogP contribution is 2.21. The first kappa shape index (κ1) is 18.1. The van der Waals surface area contributed by atoms with E-state index in [1.54, 1.807) is 0 Å². The van der Waals surface area contributed by atoms with Gasteiger partial charge in [-0.2, -0.15) is 0 Å². The second-order valence-electron chi connectivity index (χ2n) is 6.35. The van der Waals surface area contributed by atoms with Crippen LogP contribution in [-0.2, 0) is 4.79 Å². The topological polar surface area (TPSA) is 38.3 Å². The second-order valence-corrected chi connectivity index (χ2v) is 6.35. The highest BCUT2D eigenvalue weighted by molar-refractivity contribution is 5.90. The van der Waals surface area contributed by atoms with Gasteiger partial charge in [0, 0.05) is 5.69 Å². The molecule has 128 valence electrons. The summed E-state index contributed by atoms with van der Waals surface area (Å²) in [4.78, 5) is 12.0. The lowest BCUT2D eigenvalue weighted by Crippen LogP contribution is -2.15. The SMILES string of the molecule is CC[C@H](C)c1ccc(NC(=O)CCOc2cc(C)ccc2C)cc1. The summed E-state index contributed by atoms with van der Waals surface area (Å²) in [5.74, 6) is 1.36. The predicted molar refractivity (Wildman–Crippen MR) is 99.8 cm³/mol. The van der Waals surface area contributed by atoms with Gasteiger partial charge >= 0.3 is 0 Å². The molecule has 0 heterocycles. The number of ether oxygens (including phenoxy) is 1. The highest BCUT2D eigenvalue weighted by atomic mass is 16.5. The van der Waals surface area contributed by atoms with Crippen molar-refractivity contribution < 1.29 is 9.53 Å². The Balaban J connectivity index is 1.82. The molecule has 0 aromatic heterocycles. The van der Waals surface area contributed by atoms with E-state index in [4.69, 9.17) is 4.74 Å². The fourth-order valence-corrected chi connectivity index (χ4v) is 2.47. The van der Waals surface area contributed by atoms with Gasteiger partial charge in [0.1, 0.15) is 5.75 Å². The first-order valence-corrected chi connectivity index (χ1v) is 8.59. The molecule has 0 aliphatic rings. The van der Waals surface area contributed by atoms with E-state index in [1.807, 2.05) is 38.1 Å². The van der Waals surface area contributed by atoms with Crippen LogP contribution >= 0.6 is 0 Å². The van der Waals surface area contributed by atoms with E-state index in [0.717, 1.165) is 29.0 Å². The summed E-state index contributed by atoms with van der Waals surface area (Å²) in [6.45, 7) is 8.80. The summed E-state index contributed by atoms with van der Waals surface area (Å²) >= 11 is 0. The molecule has 0 saturated heterocycles. The van der Waals surface area contributed by atoms with E-state index in [2.05, 4.69) is 37.4 Å². The number of benzene rings is 2. The van der Waals surface area contributed by atoms with Crippen LogP contribution in [0.1, 0.15) is 49.3 Å². The molecule has 24 heavy (non-hydrogen) atoms. The summed E-state index contributed by atoms with van der Waals surface area (Å²) in [6, 6.07) is 14.2.